The first-order valence-corrected chi connectivity index (χ1v) is 11.6. The van der Waals surface area contributed by atoms with Gasteiger partial charge in [0.05, 0.1) is 0 Å². The van der Waals surface area contributed by atoms with Crippen LogP contribution in [-0.2, 0) is 8.85 Å². The van der Waals surface area contributed by atoms with Gasteiger partial charge in [-0.15, -0.1) is 0 Å². The highest BCUT2D eigenvalue weighted by Gasteiger charge is 2.27. The summed E-state index contributed by atoms with van der Waals surface area (Å²) in [5.41, 5.74) is 1.22. The van der Waals surface area contributed by atoms with E-state index in [-0.39, 0.29) is 0 Å². The van der Waals surface area contributed by atoms with Crippen molar-refractivity contribution in [3.63, 3.8) is 0 Å². The van der Waals surface area contributed by atoms with Crippen molar-refractivity contribution < 1.29 is 8.85 Å². The van der Waals surface area contributed by atoms with Gasteiger partial charge in [0.15, 0.2) is 17.4 Å². The lowest BCUT2D eigenvalue weighted by molar-refractivity contribution is 0.240. The molecule has 0 saturated heterocycles. The van der Waals surface area contributed by atoms with Crippen LogP contribution in [0.4, 0.5) is 0 Å². The summed E-state index contributed by atoms with van der Waals surface area (Å²) in [6.07, 6.45) is 0.376. The molecular weight excluding hydrogens is 220 g/mol. The molecule has 0 spiro atoms. The Balaban J connectivity index is 3.90. The molecule has 0 N–H and O–H groups in total. The molecule has 0 aliphatic carbocycles. The lowest BCUT2D eigenvalue weighted by Gasteiger charge is -2.27. The Kier molecular flexibility index (Phi) is 6.99. The average molecular weight is 249 g/mol. The molecule has 2 nitrogen and oxygen atoms in total. The molecule has 0 fully saturated rings. The summed E-state index contributed by atoms with van der Waals surface area (Å²) in [6.45, 7) is 16.5. The Morgan fingerprint density at radius 3 is 2.07 bits per heavy atom. The summed E-state index contributed by atoms with van der Waals surface area (Å²) >= 11 is 0. The Hall–Kier alpha value is 0.354. The molecule has 4 heteroatoms. The van der Waals surface area contributed by atoms with Gasteiger partial charge in [-0.1, -0.05) is 13.8 Å². The molecule has 0 radical (unpaired) electrons. The average Bonchev–Trinajstić information content (AvgIpc) is 1.98. The Morgan fingerprint density at radius 1 is 1.13 bits per heavy atom. The van der Waals surface area contributed by atoms with Gasteiger partial charge in [0.25, 0.3) is 0 Å². The van der Waals surface area contributed by atoms with Gasteiger partial charge in [0.2, 0.25) is 0 Å². The molecule has 1 atom stereocenters. The molecule has 0 aliphatic heterocycles. The zero-order valence-corrected chi connectivity index (χ0v) is 13.6. The highest BCUT2D eigenvalue weighted by molar-refractivity contribution is 6.82. The molecule has 0 rings (SSSR count). The molecule has 0 amide bonds. The molecule has 0 bridgehead atoms. The van der Waals surface area contributed by atoms with Gasteiger partial charge in [0, 0.05) is 12.7 Å². The fourth-order valence-corrected chi connectivity index (χ4v) is 9.76. The summed E-state index contributed by atoms with van der Waals surface area (Å²) in [6, 6.07) is 0. The maximum absolute atomic E-state index is 6.04. The van der Waals surface area contributed by atoms with Gasteiger partial charge in [-0.05, 0) is 45.1 Å². The zero-order valence-electron chi connectivity index (χ0n) is 11.5. The van der Waals surface area contributed by atoms with Crippen molar-refractivity contribution in [2.75, 3.05) is 6.61 Å². The number of hydrogen-bond donors (Lipinski definition) is 0. The number of rotatable bonds is 7. The largest absolute Gasteiger partial charge is 0.418 e. The van der Waals surface area contributed by atoms with E-state index in [0.29, 0.717) is 12.0 Å². The molecule has 0 aromatic rings. The van der Waals surface area contributed by atoms with E-state index in [9.17, 15) is 0 Å². The van der Waals surface area contributed by atoms with Crippen molar-refractivity contribution in [2.24, 2.45) is 5.92 Å². The van der Waals surface area contributed by atoms with E-state index in [2.05, 4.69) is 47.3 Å². The first-order chi connectivity index (χ1) is 6.73. The van der Waals surface area contributed by atoms with Crippen LogP contribution < -0.4 is 0 Å². The molecule has 0 aromatic heterocycles. The van der Waals surface area contributed by atoms with Crippen molar-refractivity contribution >= 4 is 17.4 Å². The van der Waals surface area contributed by atoms with Gasteiger partial charge in [0.1, 0.15) is 0 Å². The third kappa shape index (κ3) is 9.29. The van der Waals surface area contributed by atoms with Crippen LogP contribution in [0.15, 0.2) is 0 Å². The minimum absolute atomic E-state index is 0.376. The van der Waals surface area contributed by atoms with E-state index < -0.39 is 17.4 Å². The quantitative estimate of drug-likeness (QED) is 0.644. The van der Waals surface area contributed by atoms with Crippen LogP contribution in [0.2, 0.25) is 25.3 Å². The highest BCUT2D eigenvalue weighted by atomic mass is 28.4. The molecule has 15 heavy (non-hydrogen) atoms. The molecule has 0 aliphatic rings. The second-order valence-corrected chi connectivity index (χ2v) is 13.0. The Bertz CT molecular complexity index is 170. The standard InChI is InChI=1S/C11H28O2Si2/c1-10(2)8-12-15(6,7)9-14(5)13-11(3)4/h10-11,14H,8-9H2,1-7H3. The van der Waals surface area contributed by atoms with Gasteiger partial charge >= 0.3 is 0 Å². The molecule has 92 valence electrons. The predicted octanol–water partition coefficient (Wildman–Crippen LogP) is 3.18. The van der Waals surface area contributed by atoms with Gasteiger partial charge in [-0.2, -0.15) is 0 Å². The summed E-state index contributed by atoms with van der Waals surface area (Å²) in [4.78, 5) is 0. The summed E-state index contributed by atoms with van der Waals surface area (Å²) < 4.78 is 11.9. The van der Waals surface area contributed by atoms with Crippen molar-refractivity contribution in [3.05, 3.63) is 0 Å². The van der Waals surface area contributed by atoms with Crippen molar-refractivity contribution in [1.29, 1.82) is 0 Å². The smallest absolute Gasteiger partial charge is 0.186 e. The monoisotopic (exact) mass is 248 g/mol. The lowest BCUT2D eigenvalue weighted by Crippen LogP contribution is -2.38. The maximum Gasteiger partial charge on any atom is 0.186 e. The van der Waals surface area contributed by atoms with Gasteiger partial charge < -0.3 is 8.85 Å². The second kappa shape index (κ2) is 6.83. The van der Waals surface area contributed by atoms with E-state index in [1.807, 2.05) is 0 Å². The topological polar surface area (TPSA) is 18.5 Å². The van der Waals surface area contributed by atoms with Crippen molar-refractivity contribution in [2.45, 2.75) is 59.1 Å². The molecule has 1 unspecified atom stereocenters. The fourth-order valence-electron chi connectivity index (χ4n) is 1.66. The van der Waals surface area contributed by atoms with Crippen LogP contribution in [0.1, 0.15) is 27.7 Å². The van der Waals surface area contributed by atoms with Crippen LogP contribution in [0.3, 0.4) is 0 Å². The summed E-state index contributed by atoms with van der Waals surface area (Å²) in [5, 5.41) is 0. The molecule has 0 aromatic carbocycles. The first-order valence-electron chi connectivity index (χ1n) is 6.02. The maximum atomic E-state index is 6.04. The SMILES string of the molecule is CC(C)CO[Si](C)(C)C[SiH](C)OC(C)C. The lowest BCUT2D eigenvalue weighted by atomic mass is 10.2. The fraction of sp³-hybridized carbons (Fsp3) is 1.00. The van der Waals surface area contributed by atoms with Gasteiger partial charge in [-0.25, -0.2) is 0 Å². The van der Waals surface area contributed by atoms with Crippen LogP contribution in [0.5, 0.6) is 0 Å². The van der Waals surface area contributed by atoms with Crippen LogP contribution in [-0.4, -0.2) is 30.1 Å². The zero-order chi connectivity index (χ0) is 12.1. The van der Waals surface area contributed by atoms with Crippen LogP contribution in [0.25, 0.3) is 0 Å². The number of hydrogen-bond acceptors (Lipinski definition) is 2. The van der Waals surface area contributed by atoms with Crippen LogP contribution >= 0.6 is 0 Å². The molecule has 0 saturated carbocycles. The minimum atomic E-state index is -1.46. The Labute approximate surface area is 98.2 Å². The predicted molar refractivity (Wildman–Crippen MR) is 72.3 cm³/mol. The van der Waals surface area contributed by atoms with E-state index >= 15 is 0 Å². The normalized spacial score (nSPS) is 15.0. The second-order valence-electron chi connectivity index (χ2n) is 5.66. The first kappa shape index (κ1) is 15.4. The van der Waals surface area contributed by atoms with E-state index in [1.54, 1.807) is 0 Å². The van der Waals surface area contributed by atoms with Gasteiger partial charge in [-0.3, -0.25) is 0 Å². The Morgan fingerprint density at radius 2 is 1.67 bits per heavy atom. The third-order valence-electron chi connectivity index (χ3n) is 2.09. The summed E-state index contributed by atoms with van der Waals surface area (Å²) in [5.74, 6) is 0.639. The van der Waals surface area contributed by atoms with Crippen molar-refractivity contribution in [1.82, 2.24) is 0 Å². The summed E-state index contributed by atoms with van der Waals surface area (Å²) in [7, 11) is -2.47. The van der Waals surface area contributed by atoms with E-state index in [4.69, 9.17) is 8.85 Å². The molecular formula is C11H28O2Si2. The van der Waals surface area contributed by atoms with E-state index in [1.165, 1.54) is 5.67 Å². The highest BCUT2D eigenvalue weighted by Crippen LogP contribution is 2.16. The van der Waals surface area contributed by atoms with Crippen molar-refractivity contribution in [3.8, 4) is 0 Å². The van der Waals surface area contributed by atoms with Crippen LogP contribution in [0, 0.1) is 5.92 Å². The van der Waals surface area contributed by atoms with E-state index in [0.717, 1.165) is 6.61 Å². The third-order valence-corrected chi connectivity index (χ3v) is 10.3. The molecule has 0 heterocycles. The minimum Gasteiger partial charge on any atom is -0.418 e.